The number of rotatable bonds is 2. The molecule has 0 saturated carbocycles. The standard InChI is InChI=1S/C15H18BrN3O3/c1-2-21-14(20)19-9-7-15(8-10-19)17-13(18-22-15)11-3-5-12(16)6-4-11/h3-6H,2,7-10H2,1H3,(H,17,18). The largest absolute Gasteiger partial charge is 0.450 e. The summed E-state index contributed by atoms with van der Waals surface area (Å²) in [5, 5.41) is 0. The molecule has 1 fully saturated rings. The van der Waals surface area contributed by atoms with E-state index in [9.17, 15) is 4.79 Å². The Morgan fingerprint density at radius 1 is 1.41 bits per heavy atom. The number of carbonyl (C=O) groups excluding carboxylic acids is 1. The Bertz CT molecular complexity index is 580. The van der Waals surface area contributed by atoms with Crippen molar-refractivity contribution < 1.29 is 14.4 Å². The van der Waals surface area contributed by atoms with Gasteiger partial charge in [-0.3, -0.25) is 0 Å². The van der Waals surface area contributed by atoms with Crippen molar-refractivity contribution in [2.24, 2.45) is 4.99 Å². The molecule has 0 aromatic heterocycles. The zero-order valence-corrected chi connectivity index (χ0v) is 13.9. The van der Waals surface area contributed by atoms with E-state index in [4.69, 9.17) is 14.6 Å². The molecule has 0 bridgehead atoms. The molecule has 1 saturated heterocycles. The van der Waals surface area contributed by atoms with Crippen molar-refractivity contribution >= 4 is 27.9 Å². The lowest BCUT2D eigenvalue weighted by Gasteiger charge is -2.34. The van der Waals surface area contributed by atoms with Crippen molar-refractivity contribution in [1.29, 1.82) is 0 Å². The second-order valence-corrected chi connectivity index (χ2v) is 6.22. The maximum atomic E-state index is 11.7. The fourth-order valence-corrected chi connectivity index (χ4v) is 2.86. The highest BCUT2D eigenvalue weighted by atomic mass is 79.9. The summed E-state index contributed by atoms with van der Waals surface area (Å²) in [6, 6.07) is 7.89. The van der Waals surface area contributed by atoms with E-state index in [2.05, 4.69) is 21.4 Å². The molecule has 6 nitrogen and oxygen atoms in total. The highest BCUT2D eigenvalue weighted by Gasteiger charge is 2.41. The van der Waals surface area contributed by atoms with Crippen LogP contribution in [0.5, 0.6) is 0 Å². The Balaban J connectivity index is 1.67. The molecular formula is C15H18BrN3O3. The van der Waals surface area contributed by atoms with Crippen LogP contribution < -0.4 is 5.48 Å². The molecule has 1 aromatic carbocycles. The van der Waals surface area contributed by atoms with E-state index in [1.165, 1.54) is 0 Å². The summed E-state index contributed by atoms with van der Waals surface area (Å²) in [6.45, 7) is 3.36. The molecule has 0 aliphatic carbocycles. The molecule has 3 rings (SSSR count). The number of amides is 1. The molecule has 1 spiro atoms. The number of hydroxylamine groups is 1. The molecule has 118 valence electrons. The van der Waals surface area contributed by atoms with Gasteiger partial charge in [-0.25, -0.2) is 20.1 Å². The van der Waals surface area contributed by atoms with E-state index >= 15 is 0 Å². The first-order valence-corrected chi connectivity index (χ1v) is 8.13. The Labute approximate surface area is 137 Å². The molecule has 7 heteroatoms. The zero-order chi connectivity index (χ0) is 15.6. The van der Waals surface area contributed by atoms with Crippen LogP contribution >= 0.6 is 15.9 Å². The lowest BCUT2D eigenvalue weighted by atomic mass is 10.0. The maximum absolute atomic E-state index is 11.7. The fraction of sp³-hybridized carbons (Fsp3) is 0.467. The van der Waals surface area contributed by atoms with E-state index < -0.39 is 5.72 Å². The van der Waals surface area contributed by atoms with Crippen LogP contribution in [0.1, 0.15) is 25.3 Å². The number of carbonyl (C=O) groups is 1. The number of aliphatic imine (C=N–C) groups is 1. The van der Waals surface area contributed by atoms with Crippen LogP contribution in [-0.2, 0) is 9.57 Å². The van der Waals surface area contributed by atoms with Gasteiger partial charge < -0.3 is 9.64 Å². The highest BCUT2D eigenvalue weighted by Crippen LogP contribution is 2.31. The predicted molar refractivity (Wildman–Crippen MR) is 85.5 cm³/mol. The first-order chi connectivity index (χ1) is 10.6. The van der Waals surface area contributed by atoms with Crippen LogP contribution in [0.2, 0.25) is 0 Å². The number of likely N-dealkylation sites (tertiary alicyclic amines) is 1. The molecule has 1 amide bonds. The minimum absolute atomic E-state index is 0.264. The summed E-state index contributed by atoms with van der Waals surface area (Å²) < 4.78 is 6.05. The Kier molecular flexibility index (Phi) is 4.35. The second-order valence-electron chi connectivity index (χ2n) is 5.30. The number of ether oxygens (including phenoxy) is 1. The molecule has 22 heavy (non-hydrogen) atoms. The van der Waals surface area contributed by atoms with Crippen LogP contribution in [0.25, 0.3) is 0 Å². The SMILES string of the molecule is CCOC(=O)N1CCC2(CC1)N=C(c1ccc(Br)cc1)NO2. The third kappa shape index (κ3) is 3.10. The summed E-state index contributed by atoms with van der Waals surface area (Å²) in [5.74, 6) is 0.733. The highest BCUT2D eigenvalue weighted by molar-refractivity contribution is 9.10. The summed E-state index contributed by atoms with van der Waals surface area (Å²) in [4.78, 5) is 23.9. The minimum Gasteiger partial charge on any atom is -0.450 e. The van der Waals surface area contributed by atoms with E-state index in [1.807, 2.05) is 31.2 Å². The van der Waals surface area contributed by atoms with Crippen LogP contribution in [-0.4, -0.2) is 42.3 Å². The third-order valence-corrected chi connectivity index (χ3v) is 4.37. The topological polar surface area (TPSA) is 63.2 Å². The Morgan fingerprint density at radius 3 is 2.73 bits per heavy atom. The quantitative estimate of drug-likeness (QED) is 0.872. The van der Waals surface area contributed by atoms with Gasteiger partial charge in [-0.05, 0) is 19.1 Å². The van der Waals surface area contributed by atoms with Crippen molar-refractivity contribution in [2.75, 3.05) is 19.7 Å². The number of nitrogens with zero attached hydrogens (tertiary/aromatic N) is 2. The molecule has 2 heterocycles. The van der Waals surface area contributed by atoms with E-state index in [0.29, 0.717) is 32.5 Å². The average Bonchev–Trinajstić information content (AvgIpc) is 2.93. The molecule has 1 N–H and O–H groups in total. The van der Waals surface area contributed by atoms with E-state index in [1.54, 1.807) is 4.90 Å². The van der Waals surface area contributed by atoms with Gasteiger partial charge in [-0.15, -0.1) is 0 Å². The van der Waals surface area contributed by atoms with Gasteiger partial charge in [0, 0.05) is 36.0 Å². The summed E-state index contributed by atoms with van der Waals surface area (Å²) in [7, 11) is 0. The van der Waals surface area contributed by atoms with Crippen molar-refractivity contribution in [2.45, 2.75) is 25.5 Å². The predicted octanol–water partition coefficient (Wildman–Crippen LogP) is 2.68. The number of nitrogens with one attached hydrogen (secondary N) is 1. The first kappa shape index (κ1) is 15.3. The lowest BCUT2D eigenvalue weighted by Crippen LogP contribution is -2.46. The van der Waals surface area contributed by atoms with E-state index in [0.717, 1.165) is 15.9 Å². The van der Waals surface area contributed by atoms with Crippen molar-refractivity contribution in [3.8, 4) is 0 Å². The summed E-state index contributed by atoms with van der Waals surface area (Å²) in [6.07, 6.45) is 1.04. The molecule has 0 atom stereocenters. The van der Waals surface area contributed by atoms with Crippen LogP contribution in [0.4, 0.5) is 4.79 Å². The van der Waals surface area contributed by atoms with Gasteiger partial charge in [0.05, 0.1) is 6.61 Å². The molecule has 0 unspecified atom stereocenters. The number of hydrogen-bond acceptors (Lipinski definition) is 5. The number of halogens is 1. The maximum Gasteiger partial charge on any atom is 0.409 e. The first-order valence-electron chi connectivity index (χ1n) is 7.33. The van der Waals surface area contributed by atoms with Gasteiger partial charge in [0.2, 0.25) is 0 Å². The molecule has 0 radical (unpaired) electrons. The number of hydrogen-bond donors (Lipinski definition) is 1. The number of piperidine rings is 1. The van der Waals surface area contributed by atoms with Crippen molar-refractivity contribution in [3.63, 3.8) is 0 Å². The van der Waals surface area contributed by atoms with Crippen LogP contribution in [0, 0.1) is 0 Å². The Hall–Kier alpha value is -1.60. The van der Waals surface area contributed by atoms with Crippen LogP contribution in [0.15, 0.2) is 33.7 Å². The molecule has 2 aliphatic rings. The summed E-state index contributed by atoms with van der Waals surface area (Å²) in [5.41, 5.74) is 3.32. The second kappa shape index (κ2) is 6.26. The van der Waals surface area contributed by atoms with Gasteiger partial charge in [0.25, 0.3) is 0 Å². The normalized spacial score (nSPS) is 19.7. The monoisotopic (exact) mass is 367 g/mol. The lowest BCUT2D eigenvalue weighted by molar-refractivity contribution is -0.0866. The van der Waals surface area contributed by atoms with Gasteiger partial charge in [-0.1, -0.05) is 28.1 Å². The number of amidine groups is 1. The van der Waals surface area contributed by atoms with Gasteiger partial charge in [0.1, 0.15) is 0 Å². The zero-order valence-electron chi connectivity index (χ0n) is 12.3. The Morgan fingerprint density at radius 2 is 2.09 bits per heavy atom. The number of benzene rings is 1. The van der Waals surface area contributed by atoms with Gasteiger partial charge >= 0.3 is 6.09 Å². The van der Waals surface area contributed by atoms with E-state index in [-0.39, 0.29) is 6.09 Å². The van der Waals surface area contributed by atoms with Crippen molar-refractivity contribution in [1.82, 2.24) is 10.4 Å². The van der Waals surface area contributed by atoms with Gasteiger partial charge in [-0.2, -0.15) is 0 Å². The van der Waals surface area contributed by atoms with Crippen LogP contribution in [0.3, 0.4) is 0 Å². The molecule has 1 aromatic rings. The fourth-order valence-electron chi connectivity index (χ4n) is 2.59. The minimum atomic E-state index is -0.578. The average molecular weight is 368 g/mol. The third-order valence-electron chi connectivity index (χ3n) is 3.84. The van der Waals surface area contributed by atoms with Gasteiger partial charge in [0.15, 0.2) is 11.6 Å². The molecule has 2 aliphatic heterocycles. The molecular weight excluding hydrogens is 350 g/mol. The summed E-state index contributed by atoms with van der Waals surface area (Å²) >= 11 is 3.42. The smallest absolute Gasteiger partial charge is 0.409 e. The van der Waals surface area contributed by atoms with Crippen molar-refractivity contribution in [3.05, 3.63) is 34.3 Å².